The summed E-state index contributed by atoms with van der Waals surface area (Å²) >= 11 is 3.88. The Balaban J connectivity index is 1.60. The summed E-state index contributed by atoms with van der Waals surface area (Å²) in [5, 5.41) is 13.2. The van der Waals surface area contributed by atoms with Crippen molar-refractivity contribution in [1.29, 1.82) is 5.26 Å². The summed E-state index contributed by atoms with van der Waals surface area (Å²) in [5.41, 5.74) is 8.73. The van der Waals surface area contributed by atoms with Gasteiger partial charge in [-0.25, -0.2) is 9.78 Å². The quantitative estimate of drug-likeness (QED) is 0.169. The lowest BCUT2D eigenvalue weighted by molar-refractivity contribution is 0.0531. The normalized spacial score (nSPS) is 13.8. The van der Waals surface area contributed by atoms with Crippen molar-refractivity contribution in [3.05, 3.63) is 62.1 Å². The summed E-state index contributed by atoms with van der Waals surface area (Å²) in [4.78, 5) is 32.5. The number of rotatable bonds is 7. The van der Waals surface area contributed by atoms with Gasteiger partial charge in [0.2, 0.25) is 0 Å². The van der Waals surface area contributed by atoms with Crippen LogP contribution in [0.5, 0.6) is 0 Å². The number of benzene rings is 1. The van der Waals surface area contributed by atoms with Crippen LogP contribution in [0.1, 0.15) is 59.4 Å². The topological polar surface area (TPSA) is 111 Å². The monoisotopic (exact) mass is 536 g/mol. The molecule has 1 saturated carbocycles. The Morgan fingerprint density at radius 2 is 2.06 bits per heavy atom. The molecule has 1 aliphatic rings. The summed E-state index contributed by atoms with van der Waals surface area (Å²) in [5.74, 6) is -0.208. The van der Waals surface area contributed by atoms with Crippen molar-refractivity contribution < 1.29 is 9.53 Å². The summed E-state index contributed by atoms with van der Waals surface area (Å²) < 4.78 is 7.03. The number of ether oxygens (including phenoxy) is 1. The number of nitrogens with two attached hydrogens (primary N) is 1. The third-order valence-corrected chi connectivity index (χ3v) is 9.23. The molecular formula is C26H24N4O3S3. The number of aromatic nitrogens is 2. The molecule has 0 spiro atoms. The van der Waals surface area contributed by atoms with Crippen molar-refractivity contribution in [1.82, 2.24) is 9.55 Å². The molecule has 4 aromatic rings. The van der Waals surface area contributed by atoms with Gasteiger partial charge in [-0.2, -0.15) is 5.26 Å². The molecular weight excluding hydrogens is 513 g/mol. The van der Waals surface area contributed by atoms with Gasteiger partial charge in [0.15, 0.2) is 5.16 Å². The molecule has 3 heterocycles. The number of thiophene rings is 2. The third-order valence-electron chi connectivity index (χ3n) is 6.33. The molecule has 1 aliphatic carbocycles. The van der Waals surface area contributed by atoms with Crippen molar-refractivity contribution >= 4 is 55.6 Å². The van der Waals surface area contributed by atoms with Crippen LogP contribution in [-0.4, -0.2) is 22.1 Å². The number of fused-ring (bicyclic) bond motifs is 1. The number of anilines is 1. The van der Waals surface area contributed by atoms with Gasteiger partial charge in [0.25, 0.3) is 5.56 Å². The van der Waals surface area contributed by atoms with Crippen molar-refractivity contribution in [3.8, 4) is 17.2 Å². The molecule has 36 heavy (non-hydrogen) atoms. The zero-order valence-electron chi connectivity index (χ0n) is 19.7. The first kappa shape index (κ1) is 24.6. The molecule has 7 nitrogen and oxygen atoms in total. The van der Waals surface area contributed by atoms with E-state index in [2.05, 4.69) is 6.07 Å². The van der Waals surface area contributed by atoms with E-state index in [-0.39, 0.29) is 29.5 Å². The Kier molecular flexibility index (Phi) is 7.14. The molecule has 2 N–H and O–H groups in total. The van der Waals surface area contributed by atoms with Gasteiger partial charge in [-0.1, -0.05) is 54.9 Å². The lowest BCUT2D eigenvalue weighted by atomic mass is 10.1. The van der Waals surface area contributed by atoms with Crippen LogP contribution < -0.4 is 11.3 Å². The first-order valence-corrected chi connectivity index (χ1v) is 14.4. The van der Waals surface area contributed by atoms with E-state index in [1.54, 1.807) is 6.92 Å². The molecule has 1 fully saturated rings. The maximum absolute atomic E-state index is 14.0. The van der Waals surface area contributed by atoms with Crippen LogP contribution in [0.15, 0.2) is 45.7 Å². The zero-order chi connectivity index (χ0) is 25.2. The van der Waals surface area contributed by atoms with E-state index >= 15 is 0 Å². The van der Waals surface area contributed by atoms with E-state index in [0.29, 0.717) is 30.8 Å². The standard InChI is InChI=1S/C26H24N4O3S3/c1-2-33-25(32)21-19(17(12-27)22(28)36-21)14-35-26-29-23-20(24(31)30(26)16-10-6-7-11-16)18(13-34-23)15-8-4-3-5-9-15/h3-5,8-9,13,16H,2,6-7,10-11,14,28H2,1H3. The van der Waals surface area contributed by atoms with Crippen LogP contribution in [0, 0.1) is 11.3 Å². The fraction of sp³-hybridized carbons (Fsp3) is 0.308. The Morgan fingerprint density at radius 1 is 1.31 bits per heavy atom. The highest BCUT2D eigenvalue weighted by Crippen LogP contribution is 2.39. The molecule has 0 atom stereocenters. The van der Waals surface area contributed by atoms with Gasteiger partial charge in [0, 0.05) is 28.3 Å². The molecule has 0 unspecified atom stereocenters. The van der Waals surface area contributed by atoms with E-state index in [0.717, 1.165) is 48.1 Å². The van der Waals surface area contributed by atoms with E-state index in [1.807, 2.05) is 40.3 Å². The predicted molar refractivity (Wildman–Crippen MR) is 146 cm³/mol. The second-order valence-corrected chi connectivity index (χ2v) is 11.3. The molecule has 0 aliphatic heterocycles. The number of thioether (sulfide) groups is 1. The molecule has 184 valence electrons. The lowest BCUT2D eigenvalue weighted by Gasteiger charge is -2.18. The highest BCUT2D eigenvalue weighted by molar-refractivity contribution is 7.98. The first-order chi connectivity index (χ1) is 17.5. The second kappa shape index (κ2) is 10.5. The average molecular weight is 537 g/mol. The number of nitrogen functional groups attached to an aromatic ring is 1. The van der Waals surface area contributed by atoms with Crippen molar-refractivity contribution in [2.75, 3.05) is 12.3 Å². The van der Waals surface area contributed by atoms with E-state index in [1.165, 1.54) is 23.1 Å². The first-order valence-electron chi connectivity index (χ1n) is 11.7. The number of esters is 1. The predicted octanol–water partition coefficient (Wildman–Crippen LogP) is 6.22. The number of carbonyl (C=O) groups excluding carboxylic acids is 1. The zero-order valence-corrected chi connectivity index (χ0v) is 22.1. The molecule has 0 amide bonds. The van der Waals surface area contributed by atoms with Crippen LogP contribution in [0.2, 0.25) is 0 Å². The molecule has 0 radical (unpaired) electrons. The van der Waals surface area contributed by atoms with Gasteiger partial charge in [-0.05, 0) is 25.3 Å². The number of nitriles is 1. The smallest absolute Gasteiger partial charge is 0.348 e. The van der Waals surface area contributed by atoms with Crippen LogP contribution in [0.3, 0.4) is 0 Å². The number of hydrogen-bond acceptors (Lipinski definition) is 9. The van der Waals surface area contributed by atoms with Crippen LogP contribution in [0.4, 0.5) is 5.00 Å². The summed E-state index contributed by atoms with van der Waals surface area (Å²) in [6.07, 6.45) is 3.99. The molecule has 0 saturated heterocycles. The Morgan fingerprint density at radius 3 is 2.75 bits per heavy atom. The number of hydrogen-bond donors (Lipinski definition) is 1. The van der Waals surface area contributed by atoms with E-state index in [9.17, 15) is 14.9 Å². The van der Waals surface area contributed by atoms with Crippen LogP contribution in [-0.2, 0) is 10.5 Å². The minimum absolute atomic E-state index is 0.0366. The summed E-state index contributed by atoms with van der Waals surface area (Å²) in [6, 6.07) is 12.1. The van der Waals surface area contributed by atoms with Crippen molar-refractivity contribution in [2.24, 2.45) is 0 Å². The van der Waals surface area contributed by atoms with Gasteiger partial charge in [0.1, 0.15) is 20.8 Å². The second-order valence-electron chi connectivity index (χ2n) is 8.47. The number of carbonyl (C=O) groups is 1. The molecule has 5 rings (SSSR count). The Labute approximate surface area is 220 Å². The fourth-order valence-electron chi connectivity index (χ4n) is 4.64. The Hall–Kier alpha value is -3.13. The number of nitrogens with zero attached hydrogens (tertiary/aromatic N) is 3. The molecule has 0 bridgehead atoms. The molecule has 3 aromatic heterocycles. The van der Waals surface area contributed by atoms with Crippen LogP contribution in [0.25, 0.3) is 21.3 Å². The van der Waals surface area contributed by atoms with Gasteiger partial charge >= 0.3 is 5.97 Å². The largest absolute Gasteiger partial charge is 0.462 e. The molecule has 10 heteroatoms. The minimum Gasteiger partial charge on any atom is -0.462 e. The maximum Gasteiger partial charge on any atom is 0.348 e. The molecule has 1 aromatic carbocycles. The summed E-state index contributed by atoms with van der Waals surface area (Å²) in [7, 11) is 0. The lowest BCUT2D eigenvalue weighted by Crippen LogP contribution is -2.26. The Bertz CT molecular complexity index is 1530. The fourth-order valence-corrected chi connectivity index (χ4v) is 7.75. The third kappa shape index (κ3) is 4.43. The van der Waals surface area contributed by atoms with Gasteiger partial charge in [-0.3, -0.25) is 9.36 Å². The van der Waals surface area contributed by atoms with Crippen molar-refractivity contribution in [3.63, 3.8) is 0 Å². The highest BCUT2D eigenvalue weighted by atomic mass is 32.2. The summed E-state index contributed by atoms with van der Waals surface area (Å²) in [6.45, 7) is 1.96. The van der Waals surface area contributed by atoms with Crippen molar-refractivity contribution in [2.45, 2.75) is 49.6 Å². The highest BCUT2D eigenvalue weighted by Gasteiger charge is 2.27. The SMILES string of the molecule is CCOC(=O)c1sc(N)c(C#N)c1CSc1nc2scc(-c3ccccc3)c2c(=O)n1C1CCCC1. The van der Waals surface area contributed by atoms with Gasteiger partial charge < -0.3 is 10.5 Å². The van der Waals surface area contributed by atoms with E-state index < -0.39 is 5.97 Å². The minimum atomic E-state index is -0.492. The van der Waals surface area contributed by atoms with Gasteiger partial charge in [-0.15, -0.1) is 22.7 Å². The maximum atomic E-state index is 14.0. The van der Waals surface area contributed by atoms with Gasteiger partial charge in [0.05, 0.1) is 17.6 Å². The average Bonchev–Trinajstić information content (AvgIpc) is 3.62. The van der Waals surface area contributed by atoms with Crippen LogP contribution >= 0.6 is 34.4 Å². The van der Waals surface area contributed by atoms with E-state index in [4.69, 9.17) is 15.5 Å².